The topological polar surface area (TPSA) is 104 Å². The first kappa shape index (κ1) is 15.1. The normalized spacial score (nSPS) is 11.5. The maximum absolute atomic E-state index is 12.0. The summed E-state index contributed by atoms with van der Waals surface area (Å²) in [6.45, 7) is 1.63. The molecule has 112 valence electrons. The third-order valence-corrected chi connectivity index (χ3v) is 4.07. The van der Waals surface area contributed by atoms with Crippen LogP contribution in [-0.4, -0.2) is 22.9 Å². The molecule has 9 heteroatoms. The van der Waals surface area contributed by atoms with Gasteiger partial charge in [-0.2, -0.15) is 8.42 Å². The summed E-state index contributed by atoms with van der Waals surface area (Å²) in [7, 11) is -3.92. The third-order valence-electron chi connectivity index (χ3n) is 2.80. The number of nitro groups is 1. The molecule has 0 aliphatic carbocycles. The van der Waals surface area contributed by atoms with Gasteiger partial charge in [0.1, 0.15) is 12.8 Å². The number of aromatic nitrogens is 2. The smallest absolute Gasteiger partial charge is 0.342 e. The number of rotatable bonds is 6. The van der Waals surface area contributed by atoms with E-state index in [-0.39, 0.29) is 23.1 Å². The Morgan fingerprint density at radius 3 is 2.57 bits per heavy atom. The lowest BCUT2D eigenvalue weighted by molar-refractivity contribution is -0.392. The number of hydrogen-bond acceptors (Lipinski definition) is 6. The fourth-order valence-corrected chi connectivity index (χ4v) is 2.68. The van der Waals surface area contributed by atoms with Crippen molar-refractivity contribution in [2.75, 3.05) is 0 Å². The molecule has 8 nitrogen and oxygen atoms in total. The van der Waals surface area contributed by atoms with E-state index in [1.807, 2.05) is 0 Å². The Bertz CT molecular complexity index is 740. The van der Waals surface area contributed by atoms with Crippen LogP contribution in [0.4, 0.5) is 5.82 Å². The molecule has 0 saturated carbocycles. The van der Waals surface area contributed by atoms with Crippen LogP contribution < -0.4 is 0 Å². The van der Waals surface area contributed by atoms with Gasteiger partial charge in [-0.25, -0.2) is 9.55 Å². The highest BCUT2D eigenvalue weighted by atomic mass is 32.2. The van der Waals surface area contributed by atoms with E-state index in [9.17, 15) is 18.5 Å². The molecule has 0 N–H and O–H groups in total. The van der Waals surface area contributed by atoms with Crippen LogP contribution in [0, 0.1) is 10.1 Å². The quantitative estimate of drug-likeness (QED) is 0.457. The Hall–Kier alpha value is -2.26. The van der Waals surface area contributed by atoms with Crippen molar-refractivity contribution in [2.24, 2.45) is 0 Å². The maximum Gasteiger partial charge on any atom is 0.342 e. The molecule has 0 saturated heterocycles. The SMILES string of the molecule is CCn1c([N+](=O)[O-])cnc1COS(=O)(=O)c1ccccc1. The predicted octanol–water partition coefficient (Wildman–Crippen LogP) is 1.72. The predicted molar refractivity (Wildman–Crippen MR) is 73.0 cm³/mol. The molecule has 2 aromatic rings. The molecule has 0 aliphatic rings. The van der Waals surface area contributed by atoms with Crippen molar-refractivity contribution in [1.29, 1.82) is 0 Å². The molecule has 2 rings (SSSR count). The molecule has 0 unspecified atom stereocenters. The zero-order valence-corrected chi connectivity index (χ0v) is 12.0. The molecule has 0 radical (unpaired) electrons. The van der Waals surface area contributed by atoms with Crippen LogP contribution in [0.5, 0.6) is 0 Å². The number of benzene rings is 1. The molecule has 1 aromatic carbocycles. The monoisotopic (exact) mass is 311 g/mol. The van der Waals surface area contributed by atoms with Gasteiger partial charge >= 0.3 is 5.82 Å². The highest BCUT2D eigenvalue weighted by Gasteiger charge is 2.22. The van der Waals surface area contributed by atoms with Crippen LogP contribution in [0.25, 0.3) is 0 Å². The first-order valence-corrected chi connectivity index (χ1v) is 7.50. The van der Waals surface area contributed by atoms with E-state index in [0.717, 1.165) is 6.20 Å². The van der Waals surface area contributed by atoms with E-state index in [1.54, 1.807) is 25.1 Å². The van der Waals surface area contributed by atoms with E-state index in [4.69, 9.17) is 4.18 Å². The van der Waals surface area contributed by atoms with Gasteiger partial charge < -0.3 is 10.1 Å². The molecule has 0 atom stereocenters. The van der Waals surface area contributed by atoms with Crippen LogP contribution >= 0.6 is 0 Å². The summed E-state index contributed by atoms with van der Waals surface area (Å²) in [5, 5.41) is 10.8. The van der Waals surface area contributed by atoms with Gasteiger partial charge in [0.2, 0.25) is 5.82 Å². The van der Waals surface area contributed by atoms with Crippen LogP contribution in [0.2, 0.25) is 0 Å². The van der Waals surface area contributed by atoms with Crippen LogP contribution in [-0.2, 0) is 27.5 Å². The van der Waals surface area contributed by atoms with Crippen molar-refractivity contribution in [3.63, 3.8) is 0 Å². The Kier molecular flexibility index (Phi) is 4.34. The first-order valence-electron chi connectivity index (χ1n) is 6.09. The van der Waals surface area contributed by atoms with Crippen molar-refractivity contribution < 1.29 is 17.5 Å². The lowest BCUT2D eigenvalue weighted by Crippen LogP contribution is -2.11. The molecule has 0 amide bonds. The number of nitrogens with zero attached hydrogens (tertiary/aromatic N) is 3. The third kappa shape index (κ3) is 3.26. The van der Waals surface area contributed by atoms with Gasteiger partial charge in [-0.15, -0.1) is 0 Å². The van der Waals surface area contributed by atoms with Crippen LogP contribution in [0.1, 0.15) is 12.7 Å². The summed E-state index contributed by atoms with van der Waals surface area (Å²) in [6.07, 6.45) is 1.08. The summed E-state index contributed by atoms with van der Waals surface area (Å²) in [4.78, 5) is 14.1. The molecule has 1 aromatic heterocycles. The van der Waals surface area contributed by atoms with Gasteiger partial charge in [-0.1, -0.05) is 18.2 Å². The van der Waals surface area contributed by atoms with Gasteiger partial charge in [0, 0.05) is 0 Å². The van der Waals surface area contributed by atoms with Gasteiger partial charge in [-0.3, -0.25) is 4.18 Å². The van der Waals surface area contributed by atoms with Crippen LogP contribution in [0.15, 0.2) is 41.4 Å². The standard InChI is InChI=1S/C12H13N3O5S/c1-2-14-11(13-8-12(14)15(16)17)9-20-21(18,19)10-6-4-3-5-7-10/h3-8H,2,9H2,1H3. The number of hydrogen-bond donors (Lipinski definition) is 0. The molecule has 0 fully saturated rings. The molecular weight excluding hydrogens is 298 g/mol. The van der Waals surface area contributed by atoms with Crippen molar-refractivity contribution in [1.82, 2.24) is 9.55 Å². The molecule has 1 heterocycles. The van der Waals surface area contributed by atoms with E-state index in [2.05, 4.69) is 4.98 Å². The maximum atomic E-state index is 12.0. The average Bonchev–Trinajstić information content (AvgIpc) is 2.89. The van der Waals surface area contributed by atoms with Gasteiger partial charge in [0.25, 0.3) is 10.1 Å². The van der Waals surface area contributed by atoms with Gasteiger partial charge in [-0.05, 0) is 24.0 Å². The average molecular weight is 311 g/mol. The fraction of sp³-hybridized carbons (Fsp3) is 0.250. The van der Waals surface area contributed by atoms with Crippen molar-refractivity contribution in [3.8, 4) is 0 Å². The first-order chi connectivity index (χ1) is 9.95. The molecule has 0 bridgehead atoms. The van der Waals surface area contributed by atoms with Gasteiger partial charge in [0.15, 0.2) is 0 Å². The minimum atomic E-state index is -3.92. The zero-order valence-electron chi connectivity index (χ0n) is 11.2. The van der Waals surface area contributed by atoms with Crippen LogP contribution in [0.3, 0.4) is 0 Å². The van der Waals surface area contributed by atoms with Crippen molar-refractivity contribution in [3.05, 3.63) is 52.5 Å². The van der Waals surface area contributed by atoms with E-state index < -0.39 is 15.0 Å². The van der Waals surface area contributed by atoms with Crippen molar-refractivity contribution >= 4 is 15.9 Å². The summed E-state index contributed by atoms with van der Waals surface area (Å²) in [6, 6.07) is 7.66. The lowest BCUT2D eigenvalue weighted by Gasteiger charge is -2.05. The Labute approximate surface area is 121 Å². The Morgan fingerprint density at radius 1 is 1.33 bits per heavy atom. The highest BCUT2D eigenvalue weighted by molar-refractivity contribution is 7.86. The molecule has 0 spiro atoms. The summed E-state index contributed by atoms with van der Waals surface area (Å²) < 4.78 is 30.1. The van der Waals surface area contributed by atoms with Gasteiger partial charge in [0.05, 0.1) is 11.4 Å². The van der Waals surface area contributed by atoms with E-state index >= 15 is 0 Å². The minimum absolute atomic E-state index is 0.0223. The molecular formula is C12H13N3O5S. The summed E-state index contributed by atoms with van der Waals surface area (Å²) >= 11 is 0. The van der Waals surface area contributed by atoms with E-state index in [0.29, 0.717) is 6.54 Å². The largest absolute Gasteiger partial charge is 0.358 e. The minimum Gasteiger partial charge on any atom is -0.358 e. The second-order valence-corrected chi connectivity index (χ2v) is 5.68. The second-order valence-electron chi connectivity index (χ2n) is 4.06. The Balaban J connectivity index is 2.19. The molecule has 21 heavy (non-hydrogen) atoms. The highest BCUT2D eigenvalue weighted by Crippen LogP contribution is 2.17. The lowest BCUT2D eigenvalue weighted by atomic mass is 10.4. The summed E-state index contributed by atoms with van der Waals surface area (Å²) in [5.41, 5.74) is 0. The summed E-state index contributed by atoms with van der Waals surface area (Å²) in [5.74, 6) is -0.0167. The zero-order chi connectivity index (χ0) is 15.5. The van der Waals surface area contributed by atoms with E-state index in [1.165, 1.54) is 16.7 Å². The fourth-order valence-electron chi connectivity index (χ4n) is 1.79. The van der Waals surface area contributed by atoms with Crippen molar-refractivity contribution in [2.45, 2.75) is 25.0 Å². The second kappa shape index (κ2) is 6.02. The number of imidazole rings is 1. The Morgan fingerprint density at radius 2 is 2.00 bits per heavy atom. The molecule has 0 aliphatic heterocycles.